The van der Waals surface area contributed by atoms with Crippen LogP contribution in [0.4, 0.5) is 0 Å². The first-order chi connectivity index (χ1) is 8.22. The highest BCUT2D eigenvalue weighted by molar-refractivity contribution is 5.13. The first kappa shape index (κ1) is 11.5. The van der Waals surface area contributed by atoms with Crippen LogP contribution in [0.5, 0.6) is 0 Å². The molecular formula is C14H23N3. The normalized spacial score (nSPS) is 38.1. The van der Waals surface area contributed by atoms with Crippen LogP contribution in [0, 0.1) is 11.3 Å². The monoisotopic (exact) mass is 233 g/mol. The summed E-state index contributed by atoms with van der Waals surface area (Å²) in [4.78, 5) is 2.54. The van der Waals surface area contributed by atoms with Crippen molar-refractivity contribution in [2.24, 2.45) is 0 Å². The summed E-state index contributed by atoms with van der Waals surface area (Å²) in [6, 6.07) is 4.68. The van der Waals surface area contributed by atoms with Gasteiger partial charge in [0.15, 0.2) is 0 Å². The number of hydrogen-bond donors (Lipinski definition) is 1. The molecule has 0 heterocycles. The number of nitrogens with zero attached hydrogens (tertiary/aromatic N) is 2. The van der Waals surface area contributed by atoms with Gasteiger partial charge in [0.1, 0.15) is 5.54 Å². The topological polar surface area (TPSA) is 39.1 Å². The van der Waals surface area contributed by atoms with Crippen LogP contribution in [0.3, 0.4) is 0 Å². The van der Waals surface area contributed by atoms with Crippen LogP contribution in [-0.2, 0) is 0 Å². The summed E-state index contributed by atoms with van der Waals surface area (Å²) < 4.78 is 0. The van der Waals surface area contributed by atoms with Crippen LogP contribution in [0.25, 0.3) is 0 Å². The van der Waals surface area contributed by atoms with E-state index in [1.54, 1.807) is 0 Å². The molecule has 2 atom stereocenters. The van der Waals surface area contributed by atoms with Crippen molar-refractivity contribution in [2.45, 2.75) is 75.0 Å². The molecule has 3 aliphatic carbocycles. The summed E-state index contributed by atoms with van der Waals surface area (Å²) >= 11 is 0. The van der Waals surface area contributed by atoms with E-state index in [0.717, 1.165) is 18.9 Å². The lowest BCUT2D eigenvalue weighted by atomic mass is 9.79. The van der Waals surface area contributed by atoms with Gasteiger partial charge in [-0.1, -0.05) is 0 Å². The zero-order valence-corrected chi connectivity index (χ0v) is 10.8. The van der Waals surface area contributed by atoms with Crippen molar-refractivity contribution in [2.75, 3.05) is 7.05 Å². The van der Waals surface area contributed by atoms with Crippen LogP contribution in [0.2, 0.25) is 0 Å². The maximum Gasteiger partial charge on any atom is 0.108 e. The smallest absolute Gasteiger partial charge is 0.108 e. The third-order valence-corrected chi connectivity index (χ3v) is 4.70. The second kappa shape index (κ2) is 4.26. The second-order valence-corrected chi connectivity index (χ2v) is 6.26. The Morgan fingerprint density at radius 1 is 1.18 bits per heavy atom. The summed E-state index contributed by atoms with van der Waals surface area (Å²) in [6.45, 7) is 0. The molecule has 17 heavy (non-hydrogen) atoms. The molecule has 0 radical (unpaired) electrons. The maximum atomic E-state index is 9.54. The molecule has 0 saturated heterocycles. The maximum absolute atomic E-state index is 9.54. The van der Waals surface area contributed by atoms with E-state index in [0.29, 0.717) is 12.1 Å². The Hall–Kier alpha value is -0.590. The van der Waals surface area contributed by atoms with Gasteiger partial charge >= 0.3 is 0 Å². The van der Waals surface area contributed by atoms with Crippen molar-refractivity contribution in [1.82, 2.24) is 10.2 Å². The molecule has 0 bridgehead atoms. The van der Waals surface area contributed by atoms with Gasteiger partial charge in [-0.3, -0.25) is 5.32 Å². The van der Waals surface area contributed by atoms with E-state index < -0.39 is 0 Å². The number of rotatable bonds is 4. The van der Waals surface area contributed by atoms with E-state index >= 15 is 0 Å². The molecule has 3 heteroatoms. The molecule has 1 N–H and O–H groups in total. The molecule has 0 aromatic heterocycles. The predicted molar refractivity (Wildman–Crippen MR) is 67.5 cm³/mol. The van der Waals surface area contributed by atoms with Crippen molar-refractivity contribution in [3.05, 3.63) is 0 Å². The molecule has 0 aromatic rings. The van der Waals surface area contributed by atoms with Gasteiger partial charge in [0.2, 0.25) is 0 Å². The highest BCUT2D eigenvalue weighted by Gasteiger charge is 2.43. The van der Waals surface area contributed by atoms with Gasteiger partial charge in [-0.05, 0) is 58.4 Å². The van der Waals surface area contributed by atoms with E-state index in [-0.39, 0.29) is 5.54 Å². The minimum Gasteiger partial charge on any atom is -0.300 e. The quantitative estimate of drug-likeness (QED) is 0.807. The van der Waals surface area contributed by atoms with Crippen LogP contribution < -0.4 is 5.32 Å². The molecule has 3 saturated carbocycles. The van der Waals surface area contributed by atoms with Crippen LogP contribution in [-0.4, -0.2) is 35.6 Å². The average molecular weight is 233 g/mol. The van der Waals surface area contributed by atoms with E-state index in [2.05, 4.69) is 23.3 Å². The van der Waals surface area contributed by atoms with E-state index in [9.17, 15) is 5.26 Å². The SMILES string of the molecule is CN(C1CC1)C1CCCC(C#N)(NC2CC2)C1. The van der Waals surface area contributed by atoms with Gasteiger partial charge in [0, 0.05) is 18.1 Å². The zero-order valence-electron chi connectivity index (χ0n) is 10.8. The van der Waals surface area contributed by atoms with E-state index in [1.165, 1.54) is 38.5 Å². The van der Waals surface area contributed by atoms with Gasteiger partial charge < -0.3 is 4.90 Å². The lowest BCUT2D eigenvalue weighted by molar-refractivity contribution is 0.137. The summed E-state index contributed by atoms with van der Waals surface area (Å²) in [6.07, 6.45) is 9.84. The molecule has 3 aliphatic rings. The summed E-state index contributed by atoms with van der Waals surface area (Å²) in [5.41, 5.74) is -0.215. The predicted octanol–water partition coefficient (Wildman–Crippen LogP) is 2.04. The summed E-state index contributed by atoms with van der Waals surface area (Å²) in [5, 5.41) is 13.2. The fourth-order valence-electron chi connectivity index (χ4n) is 3.26. The third-order valence-electron chi connectivity index (χ3n) is 4.70. The average Bonchev–Trinajstić information content (AvgIpc) is 3.21. The minimum atomic E-state index is -0.215. The lowest BCUT2D eigenvalue weighted by Gasteiger charge is -2.40. The highest BCUT2D eigenvalue weighted by Crippen LogP contribution is 2.37. The van der Waals surface area contributed by atoms with Crippen molar-refractivity contribution in [3.8, 4) is 6.07 Å². The molecule has 0 aliphatic heterocycles. The number of nitrogens with one attached hydrogen (secondary N) is 1. The standard InChI is InChI=1S/C14H23N3/c1-17(12-6-7-12)13-3-2-8-14(9-13,10-15)16-11-4-5-11/h11-13,16H,2-9H2,1H3. The fraction of sp³-hybridized carbons (Fsp3) is 0.929. The van der Waals surface area contributed by atoms with Crippen molar-refractivity contribution < 1.29 is 0 Å². The van der Waals surface area contributed by atoms with Gasteiger partial charge in [0.05, 0.1) is 6.07 Å². The van der Waals surface area contributed by atoms with Gasteiger partial charge in [-0.2, -0.15) is 5.26 Å². The molecule has 3 rings (SSSR count). The van der Waals surface area contributed by atoms with Crippen molar-refractivity contribution in [1.29, 1.82) is 5.26 Å². The molecule has 2 unspecified atom stereocenters. The molecule has 94 valence electrons. The van der Waals surface area contributed by atoms with E-state index in [1.807, 2.05) is 0 Å². The fourth-order valence-corrected chi connectivity index (χ4v) is 3.26. The van der Waals surface area contributed by atoms with Gasteiger partial charge in [-0.25, -0.2) is 0 Å². The van der Waals surface area contributed by atoms with Gasteiger partial charge in [-0.15, -0.1) is 0 Å². The lowest BCUT2D eigenvalue weighted by Crippen LogP contribution is -2.53. The van der Waals surface area contributed by atoms with Crippen molar-refractivity contribution >= 4 is 0 Å². The molecule has 0 spiro atoms. The first-order valence-electron chi connectivity index (χ1n) is 7.13. The Balaban J connectivity index is 1.65. The third kappa shape index (κ3) is 2.48. The largest absolute Gasteiger partial charge is 0.300 e. The van der Waals surface area contributed by atoms with Gasteiger partial charge in [0.25, 0.3) is 0 Å². The second-order valence-electron chi connectivity index (χ2n) is 6.26. The Kier molecular flexibility index (Phi) is 2.88. The van der Waals surface area contributed by atoms with Crippen LogP contribution in [0.1, 0.15) is 51.4 Å². The Bertz CT molecular complexity index is 327. The minimum absolute atomic E-state index is 0.215. The van der Waals surface area contributed by atoms with Crippen molar-refractivity contribution in [3.63, 3.8) is 0 Å². The first-order valence-corrected chi connectivity index (χ1v) is 7.13. The summed E-state index contributed by atoms with van der Waals surface area (Å²) in [7, 11) is 2.26. The molecule has 3 fully saturated rings. The van der Waals surface area contributed by atoms with E-state index in [4.69, 9.17) is 0 Å². The Morgan fingerprint density at radius 2 is 1.94 bits per heavy atom. The van der Waals surface area contributed by atoms with Crippen LogP contribution >= 0.6 is 0 Å². The molecule has 0 aromatic carbocycles. The summed E-state index contributed by atoms with van der Waals surface area (Å²) in [5.74, 6) is 0. The zero-order chi connectivity index (χ0) is 11.9. The van der Waals surface area contributed by atoms with Crippen LogP contribution in [0.15, 0.2) is 0 Å². The number of hydrogen-bond acceptors (Lipinski definition) is 3. The molecule has 3 nitrogen and oxygen atoms in total. The molecule has 0 amide bonds. The Morgan fingerprint density at radius 3 is 2.53 bits per heavy atom. The highest BCUT2D eigenvalue weighted by atomic mass is 15.2. The molecular weight excluding hydrogens is 210 g/mol. The Labute approximate surface area is 104 Å². The number of nitriles is 1.